The third kappa shape index (κ3) is 2.09. The molecule has 0 fully saturated rings. The van der Waals surface area contributed by atoms with Crippen LogP contribution >= 0.6 is 22.6 Å². The number of alkyl halides is 3. The Morgan fingerprint density at radius 2 is 2.06 bits per heavy atom. The van der Waals surface area contributed by atoms with E-state index in [9.17, 15) is 17.6 Å². The van der Waals surface area contributed by atoms with Crippen molar-refractivity contribution in [2.24, 2.45) is 0 Å². The normalized spacial score (nSPS) is 12.4. The van der Waals surface area contributed by atoms with Crippen LogP contribution in [0.15, 0.2) is 6.07 Å². The van der Waals surface area contributed by atoms with Crippen LogP contribution in [0, 0.1) is 9.39 Å². The minimum absolute atomic E-state index is 0.132. The van der Waals surface area contributed by atoms with E-state index < -0.39 is 21.3 Å². The van der Waals surface area contributed by atoms with E-state index in [0.717, 1.165) is 6.07 Å². The third-order valence-corrected chi connectivity index (χ3v) is 3.17. The quantitative estimate of drug-likeness (QED) is 0.579. The molecule has 0 spiro atoms. The fourth-order valence-corrected chi connectivity index (χ4v) is 2.09. The molecule has 92 valence electrons. The number of nitrogens with zero attached hydrogens (tertiary/aromatic N) is 3. The maximum Gasteiger partial charge on any atom is 0.434 e. The Morgan fingerprint density at radius 1 is 1.41 bits per heavy atom. The molecule has 0 unspecified atom stereocenters. The van der Waals surface area contributed by atoms with E-state index in [1.165, 1.54) is 22.6 Å². The molecule has 3 nitrogen and oxygen atoms in total. The number of pyridine rings is 1. The lowest BCUT2D eigenvalue weighted by molar-refractivity contribution is -0.143. The van der Waals surface area contributed by atoms with Crippen LogP contribution in [0.2, 0.25) is 0 Å². The van der Waals surface area contributed by atoms with Gasteiger partial charge in [0, 0.05) is 12.5 Å². The molecule has 0 aliphatic heterocycles. The fraction of sp³-hybridized carbons (Fsp3) is 0.333. The molecule has 0 saturated heterocycles. The number of aromatic nitrogens is 3. The molecule has 2 aromatic heterocycles. The van der Waals surface area contributed by atoms with E-state index in [1.54, 1.807) is 6.92 Å². The van der Waals surface area contributed by atoms with Gasteiger partial charge in [-0.1, -0.05) is 6.92 Å². The minimum atomic E-state index is -4.67. The highest BCUT2D eigenvalue weighted by molar-refractivity contribution is 14.1. The van der Waals surface area contributed by atoms with Crippen LogP contribution < -0.4 is 0 Å². The van der Waals surface area contributed by atoms with E-state index in [1.807, 2.05) is 0 Å². The third-order valence-electron chi connectivity index (χ3n) is 2.15. The molecular formula is C9H6F4IN3. The van der Waals surface area contributed by atoms with Crippen molar-refractivity contribution in [3.8, 4) is 0 Å². The molecule has 0 bridgehead atoms. The highest BCUT2D eigenvalue weighted by atomic mass is 127. The average Bonchev–Trinajstić information content (AvgIpc) is 2.59. The first-order valence-corrected chi connectivity index (χ1v) is 5.73. The van der Waals surface area contributed by atoms with Crippen molar-refractivity contribution in [1.29, 1.82) is 0 Å². The second kappa shape index (κ2) is 4.07. The van der Waals surface area contributed by atoms with Gasteiger partial charge in [0.1, 0.15) is 5.82 Å². The summed E-state index contributed by atoms with van der Waals surface area (Å²) in [6.45, 7) is 1.71. The van der Waals surface area contributed by atoms with Crippen LogP contribution in [0.1, 0.15) is 18.4 Å². The predicted octanol–water partition coefficient (Wildman–Crippen LogP) is 3.05. The zero-order valence-electron chi connectivity index (χ0n) is 8.52. The van der Waals surface area contributed by atoms with E-state index in [2.05, 4.69) is 10.1 Å². The Labute approximate surface area is 107 Å². The van der Waals surface area contributed by atoms with E-state index >= 15 is 0 Å². The molecule has 0 aromatic carbocycles. The monoisotopic (exact) mass is 359 g/mol. The first kappa shape index (κ1) is 12.5. The minimum Gasteiger partial charge on any atom is -0.212 e. The Morgan fingerprint density at radius 3 is 2.59 bits per heavy atom. The van der Waals surface area contributed by atoms with Gasteiger partial charge in [-0.3, -0.25) is 0 Å². The molecule has 8 heteroatoms. The van der Waals surface area contributed by atoms with Crippen molar-refractivity contribution in [1.82, 2.24) is 14.6 Å². The van der Waals surface area contributed by atoms with Crippen LogP contribution in [0.5, 0.6) is 0 Å². The van der Waals surface area contributed by atoms with Crippen LogP contribution in [0.4, 0.5) is 17.6 Å². The number of hydrogen-bond donors (Lipinski definition) is 0. The number of rotatable bonds is 1. The lowest BCUT2D eigenvalue weighted by atomic mass is 10.3. The first-order chi connectivity index (χ1) is 7.84. The highest BCUT2D eigenvalue weighted by Gasteiger charge is 2.38. The standard InChI is InChI=1S/C9H6F4IN3/c1-2-5-15-6-3-4(10)7(14)8(9(11,12)13)17(6)16-5/h3H,2H2,1H3. The summed E-state index contributed by atoms with van der Waals surface area (Å²) in [5, 5.41) is 3.71. The van der Waals surface area contributed by atoms with Crippen molar-refractivity contribution in [2.45, 2.75) is 19.5 Å². The maximum absolute atomic E-state index is 13.4. The van der Waals surface area contributed by atoms with Gasteiger partial charge in [0.15, 0.2) is 17.2 Å². The van der Waals surface area contributed by atoms with Gasteiger partial charge in [-0.05, 0) is 22.6 Å². The topological polar surface area (TPSA) is 30.2 Å². The van der Waals surface area contributed by atoms with E-state index in [4.69, 9.17) is 0 Å². The average molecular weight is 359 g/mol. The number of aryl methyl sites for hydroxylation is 1. The molecule has 0 aliphatic carbocycles. The molecule has 0 atom stereocenters. The van der Waals surface area contributed by atoms with Crippen LogP contribution in [0.25, 0.3) is 5.65 Å². The summed E-state index contributed by atoms with van der Waals surface area (Å²) in [7, 11) is 0. The predicted molar refractivity (Wildman–Crippen MR) is 60.0 cm³/mol. The summed E-state index contributed by atoms with van der Waals surface area (Å²) in [4.78, 5) is 3.82. The summed E-state index contributed by atoms with van der Waals surface area (Å²) in [6.07, 6.45) is -4.28. The van der Waals surface area contributed by atoms with Crippen LogP contribution in [-0.4, -0.2) is 14.6 Å². The molecule has 2 rings (SSSR count). The molecule has 0 N–H and O–H groups in total. The Kier molecular flexibility index (Phi) is 3.00. The zero-order chi connectivity index (χ0) is 12.8. The van der Waals surface area contributed by atoms with Gasteiger partial charge in [-0.25, -0.2) is 13.9 Å². The Bertz CT molecular complexity index is 576. The smallest absolute Gasteiger partial charge is 0.212 e. The van der Waals surface area contributed by atoms with Gasteiger partial charge in [-0.2, -0.15) is 18.3 Å². The summed E-state index contributed by atoms with van der Waals surface area (Å²) in [6, 6.07) is 0.948. The number of hydrogen-bond acceptors (Lipinski definition) is 2. The van der Waals surface area contributed by atoms with Crippen molar-refractivity contribution in [2.75, 3.05) is 0 Å². The lowest BCUT2D eigenvalue weighted by Crippen LogP contribution is -2.16. The molecule has 0 radical (unpaired) electrons. The SMILES string of the molecule is CCc1nc2cc(F)c(I)c(C(F)(F)F)n2n1. The fourth-order valence-electron chi connectivity index (χ4n) is 1.40. The first-order valence-electron chi connectivity index (χ1n) is 4.65. The molecule has 0 amide bonds. The summed E-state index contributed by atoms with van der Waals surface area (Å²) >= 11 is 1.32. The maximum atomic E-state index is 13.4. The lowest BCUT2D eigenvalue weighted by Gasteiger charge is -2.10. The van der Waals surface area contributed by atoms with Gasteiger partial charge in [0.2, 0.25) is 0 Å². The number of fused-ring (bicyclic) bond motifs is 1. The second-order valence-corrected chi connectivity index (χ2v) is 4.38. The number of halogens is 5. The van der Waals surface area contributed by atoms with Gasteiger partial charge >= 0.3 is 6.18 Å². The second-order valence-electron chi connectivity index (χ2n) is 3.30. The zero-order valence-corrected chi connectivity index (χ0v) is 10.7. The Hall–Kier alpha value is -0.930. The summed E-state index contributed by atoms with van der Waals surface area (Å²) in [5.41, 5.74) is -1.26. The van der Waals surface area contributed by atoms with Crippen molar-refractivity contribution in [3.63, 3.8) is 0 Å². The molecule has 2 aromatic rings. The molecule has 2 heterocycles. The van der Waals surface area contributed by atoms with Gasteiger partial charge in [0.25, 0.3) is 0 Å². The summed E-state index contributed by atoms with van der Waals surface area (Å²) < 4.78 is 51.9. The Balaban J connectivity index is 2.86. The van der Waals surface area contributed by atoms with Gasteiger partial charge in [0.05, 0.1) is 3.57 Å². The van der Waals surface area contributed by atoms with E-state index in [0.29, 0.717) is 10.9 Å². The van der Waals surface area contributed by atoms with Crippen LogP contribution in [0.3, 0.4) is 0 Å². The van der Waals surface area contributed by atoms with Crippen LogP contribution in [-0.2, 0) is 12.6 Å². The van der Waals surface area contributed by atoms with E-state index in [-0.39, 0.29) is 11.5 Å². The van der Waals surface area contributed by atoms with Crippen molar-refractivity contribution >= 4 is 28.2 Å². The summed E-state index contributed by atoms with van der Waals surface area (Å²) in [5.74, 6) is -0.697. The largest absolute Gasteiger partial charge is 0.434 e. The highest BCUT2D eigenvalue weighted by Crippen LogP contribution is 2.34. The molecular weight excluding hydrogens is 353 g/mol. The molecule has 0 saturated carbocycles. The van der Waals surface area contributed by atoms with Gasteiger partial charge < -0.3 is 0 Å². The molecule has 0 aliphatic rings. The van der Waals surface area contributed by atoms with Crippen molar-refractivity contribution < 1.29 is 17.6 Å². The van der Waals surface area contributed by atoms with Gasteiger partial charge in [-0.15, -0.1) is 0 Å². The van der Waals surface area contributed by atoms with Crippen molar-refractivity contribution in [3.05, 3.63) is 27.0 Å². The molecule has 17 heavy (non-hydrogen) atoms.